The molecule has 0 aromatic heterocycles. The molecule has 1 saturated carbocycles. The summed E-state index contributed by atoms with van der Waals surface area (Å²) in [6, 6.07) is -0.0790. The second kappa shape index (κ2) is 5.47. The van der Waals surface area contributed by atoms with Crippen LogP contribution in [-0.4, -0.2) is 20.0 Å². The molecule has 1 rings (SSSR count). The van der Waals surface area contributed by atoms with Gasteiger partial charge in [0, 0.05) is 4.91 Å². The van der Waals surface area contributed by atoms with E-state index < -0.39 is 8.32 Å². The van der Waals surface area contributed by atoms with E-state index in [1.54, 1.807) is 0 Å². The molecule has 0 spiro atoms. The zero-order valence-corrected chi connectivity index (χ0v) is 13.2. The van der Waals surface area contributed by atoms with Crippen molar-refractivity contribution in [3.8, 4) is 0 Å². The molecule has 1 fully saturated rings. The molecule has 1 aliphatic rings. The summed E-state index contributed by atoms with van der Waals surface area (Å²) in [5.41, 5.74) is 9.65. The predicted molar refractivity (Wildman–Crippen MR) is 77.9 cm³/mol. The maximum Gasteiger partial charge on any atom is 0.184 e. The highest BCUT2D eigenvalue weighted by molar-refractivity contribution is 6.69. The topological polar surface area (TPSA) is 58.0 Å². The molecule has 0 heterocycles. The summed E-state index contributed by atoms with van der Waals surface area (Å²) < 4.78 is 6.30. The summed E-state index contributed by atoms with van der Waals surface area (Å²) in [6.45, 7) is 14.7. The smallest absolute Gasteiger partial charge is 0.184 e. The number of allylic oxidation sites excluding steroid dienone is 1. The van der Waals surface area contributed by atoms with E-state index in [1.165, 1.54) is 5.57 Å². The Bertz CT molecular complexity index is 371. The SMILES string of the molecule is C=C(C)[C@H]1CC[C@](C)(O[Si](C)(C)C)[C@@H](N=[N+]=[N-])C1. The van der Waals surface area contributed by atoms with Crippen LogP contribution in [0.2, 0.25) is 19.6 Å². The van der Waals surface area contributed by atoms with Crippen LogP contribution in [0.3, 0.4) is 0 Å². The van der Waals surface area contributed by atoms with E-state index in [1.807, 2.05) is 0 Å². The first-order valence-electron chi connectivity index (χ1n) is 6.58. The summed E-state index contributed by atoms with van der Waals surface area (Å²) in [5, 5.41) is 3.99. The van der Waals surface area contributed by atoms with Crippen molar-refractivity contribution in [2.75, 3.05) is 0 Å². The van der Waals surface area contributed by atoms with Gasteiger partial charge in [0.15, 0.2) is 8.32 Å². The molecule has 1 aliphatic carbocycles. The zero-order valence-electron chi connectivity index (χ0n) is 12.2. The van der Waals surface area contributed by atoms with Crippen LogP contribution in [0, 0.1) is 5.92 Å². The largest absolute Gasteiger partial charge is 0.412 e. The summed E-state index contributed by atoms with van der Waals surface area (Å²) in [5.74, 6) is 0.457. The van der Waals surface area contributed by atoms with Crippen LogP contribution >= 0.6 is 0 Å². The van der Waals surface area contributed by atoms with Gasteiger partial charge in [-0.2, -0.15) is 0 Å². The zero-order chi connectivity index (χ0) is 14.0. The molecule has 102 valence electrons. The molecule has 0 aromatic carbocycles. The molecule has 4 nitrogen and oxygen atoms in total. The Labute approximate surface area is 111 Å². The molecule has 0 unspecified atom stereocenters. The Balaban J connectivity index is 2.91. The van der Waals surface area contributed by atoms with Crippen molar-refractivity contribution in [3.05, 3.63) is 22.6 Å². The molecule has 0 bridgehead atoms. The lowest BCUT2D eigenvalue weighted by atomic mass is 9.74. The van der Waals surface area contributed by atoms with Crippen LogP contribution in [0.25, 0.3) is 10.4 Å². The van der Waals surface area contributed by atoms with Gasteiger partial charge in [-0.25, -0.2) is 0 Å². The van der Waals surface area contributed by atoms with Gasteiger partial charge in [-0.1, -0.05) is 17.3 Å². The van der Waals surface area contributed by atoms with E-state index in [0.29, 0.717) is 5.92 Å². The van der Waals surface area contributed by atoms with Crippen LogP contribution < -0.4 is 0 Å². The minimum Gasteiger partial charge on any atom is -0.412 e. The maximum atomic E-state index is 8.77. The van der Waals surface area contributed by atoms with Crippen LogP contribution in [-0.2, 0) is 4.43 Å². The quantitative estimate of drug-likeness (QED) is 0.240. The fraction of sp³-hybridized carbons (Fsp3) is 0.846. The predicted octanol–water partition coefficient (Wildman–Crippen LogP) is 4.65. The van der Waals surface area contributed by atoms with Gasteiger partial charge in [0.1, 0.15) is 0 Å². The van der Waals surface area contributed by atoms with E-state index in [4.69, 9.17) is 9.96 Å². The third kappa shape index (κ3) is 3.87. The number of hydrogen-bond acceptors (Lipinski definition) is 2. The van der Waals surface area contributed by atoms with E-state index in [9.17, 15) is 0 Å². The average molecular weight is 267 g/mol. The van der Waals surface area contributed by atoms with Crippen molar-refractivity contribution >= 4 is 8.32 Å². The van der Waals surface area contributed by atoms with Crippen molar-refractivity contribution in [2.45, 2.75) is 64.4 Å². The van der Waals surface area contributed by atoms with E-state index in [2.05, 4.69) is 50.1 Å². The van der Waals surface area contributed by atoms with Crippen molar-refractivity contribution in [1.82, 2.24) is 0 Å². The first-order valence-corrected chi connectivity index (χ1v) is 9.98. The number of azide groups is 1. The lowest BCUT2D eigenvalue weighted by Crippen LogP contribution is -2.51. The Morgan fingerprint density at radius 2 is 2.11 bits per heavy atom. The van der Waals surface area contributed by atoms with Crippen LogP contribution in [0.4, 0.5) is 0 Å². The maximum absolute atomic E-state index is 8.77. The molecular weight excluding hydrogens is 242 g/mol. The van der Waals surface area contributed by atoms with Gasteiger partial charge < -0.3 is 4.43 Å². The lowest BCUT2D eigenvalue weighted by Gasteiger charge is -2.45. The lowest BCUT2D eigenvalue weighted by molar-refractivity contribution is 0.0110. The monoisotopic (exact) mass is 267 g/mol. The van der Waals surface area contributed by atoms with Gasteiger partial charge in [-0.3, -0.25) is 0 Å². The number of rotatable bonds is 4. The first kappa shape index (κ1) is 15.3. The fourth-order valence-corrected chi connectivity index (χ4v) is 4.40. The van der Waals surface area contributed by atoms with Gasteiger partial charge in [-0.05, 0) is 64.2 Å². The molecule has 0 amide bonds. The van der Waals surface area contributed by atoms with Crippen molar-refractivity contribution < 1.29 is 4.43 Å². The third-order valence-electron chi connectivity index (χ3n) is 3.63. The Hall–Kier alpha value is -0.773. The van der Waals surface area contributed by atoms with Crippen LogP contribution in [0.15, 0.2) is 17.3 Å². The molecular formula is C13H25N3OSi. The highest BCUT2D eigenvalue weighted by Gasteiger charge is 2.43. The van der Waals surface area contributed by atoms with E-state index in [-0.39, 0.29) is 11.6 Å². The highest BCUT2D eigenvalue weighted by Crippen LogP contribution is 2.40. The summed E-state index contributed by atoms with van der Waals surface area (Å²) in [6.07, 6.45) is 2.88. The fourth-order valence-electron chi connectivity index (χ4n) is 2.76. The van der Waals surface area contributed by atoms with Crippen molar-refractivity contribution in [3.63, 3.8) is 0 Å². The number of hydrogen-bond donors (Lipinski definition) is 0. The van der Waals surface area contributed by atoms with Crippen molar-refractivity contribution in [1.29, 1.82) is 0 Å². The average Bonchev–Trinajstić information content (AvgIpc) is 2.18. The van der Waals surface area contributed by atoms with Gasteiger partial charge in [0.2, 0.25) is 0 Å². The minimum absolute atomic E-state index is 0.0790. The van der Waals surface area contributed by atoms with Gasteiger partial charge >= 0.3 is 0 Å². The molecule has 3 atom stereocenters. The first-order chi connectivity index (χ1) is 8.18. The molecule has 0 aliphatic heterocycles. The second-order valence-electron chi connectivity index (χ2n) is 6.57. The third-order valence-corrected chi connectivity index (χ3v) is 4.71. The van der Waals surface area contributed by atoms with E-state index in [0.717, 1.165) is 19.3 Å². The second-order valence-corrected chi connectivity index (χ2v) is 11.0. The molecule has 0 aromatic rings. The van der Waals surface area contributed by atoms with Gasteiger partial charge in [-0.15, -0.1) is 0 Å². The summed E-state index contributed by atoms with van der Waals surface area (Å²) in [4.78, 5) is 3.01. The molecule has 18 heavy (non-hydrogen) atoms. The standard InChI is InChI=1S/C13H25N3OSi/c1-10(2)11-7-8-13(3,17-18(4,5)6)12(9-11)15-16-14/h11-12H,1,7-9H2,2-6H3/t11-,12-,13-/m0/s1. The Morgan fingerprint density at radius 3 is 2.56 bits per heavy atom. The summed E-state index contributed by atoms with van der Waals surface area (Å²) >= 11 is 0. The molecule has 0 radical (unpaired) electrons. The normalized spacial score (nSPS) is 32.7. The molecule has 0 N–H and O–H groups in total. The summed E-state index contributed by atoms with van der Waals surface area (Å²) in [7, 11) is -1.64. The molecule has 5 heteroatoms. The Kier molecular flexibility index (Phi) is 4.64. The highest BCUT2D eigenvalue weighted by atomic mass is 28.4. The van der Waals surface area contributed by atoms with Crippen LogP contribution in [0.1, 0.15) is 33.1 Å². The minimum atomic E-state index is -1.64. The molecule has 0 saturated heterocycles. The van der Waals surface area contributed by atoms with Gasteiger partial charge in [0.05, 0.1) is 11.6 Å². The van der Waals surface area contributed by atoms with Crippen LogP contribution in [0.5, 0.6) is 0 Å². The van der Waals surface area contributed by atoms with E-state index >= 15 is 0 Å². The Morgan fingerprint density at radius 1 is 1.50 bits per heavy atom. The van der Waals surface area contributed by atoms with Crippen molar-refractivity contribution in [2.24, 2.45) is 11.0 Å². The van der Waals surface area contributed by atoms with Gasteiger partial charge in [0.25, 0.3) is 0 Å². The number of nitrogens with zero attached hydrogens (tertiary/aromatic N) is 3.